The average molecular weight is 256 g/mol. The van der Waals surface area contributed by atoms with Crippen molar-refractivity contribution >= 4 is 17.7 Å². The fourth-order valence-corrected chi connectivity index (χ4v) is 1.19. The first-order valence-corrected chi connectivity index (χ1v) is 5.96. The number of Topliss-reactive ketones (excluding diaryl/α,β-unsaturated/α-hetero) is 1. The van der Waals surface area contributed by atoms with Crippen LogP contribution in [0.4, 0.5) is 0 Å². The predicted octanol–water partition coefficient (Wildman–Crippen LogP) is 1.80. The maximum absolute atomic E-state index is 11.4. The van der Waals surface area contributed by atoms with Crippen molar-refractivity contribution in [3.8, 4) is 0 Å². The summed E-state index contributed by atoms with van der Waals surface area (Å²) in [5.74, 6) is -0.898. The first kappa shape index (κ1) is 16.4. The van der Waals surface area contributed by atoms with Gasteiger partial charge in [0, 0.05) is 18.9 Å². The Hall–Kier alpha value is -1.65. The van der Waals surface area contributed by atoms with Crippen LogP contribution < -0.4 is 0 Å². The van der Waals surface area contributed by atoms with E-state index in [4.69, 9.17) is 9.47 Å². The van der Waals surface area contributed by atoms with Crippen molar-refractivity contribution in [2.45, 2.75) is 45.6 Å². The normalized spacial score (nSPS) is 9.94. The SMILES string of the molecule is C=CC(=O)OCCCC(=O)CCC(=O)OC(C)C. The zero-order valence-electron chi connectivity index (χ0n) is 10.9. The molecule has 5 heteroatoms. The van der Waals surface area contributed by atoms with Crippen molar-refractivity contribution in [1.82, 2.24) is 0 Å². The fraction of sp³-hybridized carbons (Fsp3) is 0.615. The van der Waals surface area contributed by atoms with Crippen LogP contribution in [-0.4, -0.2) is 30.4 Å². The second-order valence-corrected chi connectivity index (χ2v) is 4.05. The Kier molecular flexibility index (Phi) is 8.53. The van der Waals surface area contributed by atoms with Crippen LogP contribution in [0.15, 0.2) is 12.7 Å². The minimum absolute atomic E-state index is 0.0367. The van der Waals surface area contributed by atoms with Crippen molar-refractivity contribution < 1.29 is 23.9 Å². The zero-order chi connectivity index (χ0) is 14.0. The first-order valence-electron chi connectivity index (χ1n) is 5.96. The lowest BCUT2D eigenvalue weighted by Gasteiger charge is -2.07. The maximum atomic E-state index is 11.4. The Labute approximate surface area is 107 Å². The highest BCUT2D eigenvalue weighted by Gasteiger charge is 2.09. The molecule has 0 N–H and O–H groups in total. The van der Waals surface area contributed by atoms with Gasteiger partial charge in [-0.2, -0.15) is 0 Å². The van der Waals surface area contributed by atoms with E-state index >= 15 is 0 Å². The second kappa shape index (κ2) is 9.39. The molecule has 0 saturated carbocycles. The third-order valence-corrected chi connectivity index (χ3v) is 1.99. The molecule has 0 amide bonds. The van der Waals surface area contributed by atoms with E-state index in [0.717, 1.165) is 6.08 Å². The van der Waals surface area contributed by atoms with Gasteiger partial charge in [-0.05, 0) is 20.3 Å². The summed E-state index contributed by atoms with van der Waals surface area (Å²) < 4.78 is 9.62. The van der Waals surface area contributed by atoms with Crippen molar-refractivity contribution in [3.63, 3.8) is 0 Å². The Bertz CT molecular complexity index is 307. The summed E-state index contributed by atoms with van der Waals surface area (Å²) >= 11 is 0. The van der Waals surface area contributed by atoms with Gasteiger partial charge in [0.05, 0.1) is 19.1 Å². The standard InChI is InChI=1S/C13H20O5/c1-4-12(15)17-9-5-6-11(14)7-8-13(16)18-10(2)3/h4,10H,1,5-9H2,2-3H3. The largest absolute Gasteiger partial charge is 0.463 e. The summed E-state index contributed by atoms with van der Waals surface area (Å²) in [6.07, 6.45) is 1.93. The van der Waals surface area contributed by atoms with Crippen LogP contribution in [0.2, 0.25) is 0 Å². The van der Waals surface area contributed by atoms with Gasteiger partial charge in [-0.15, -0.1) is 0 Å². The summed E-state index contributed by atoms with van der Waals surface area (Å²) in [5.41, 5.74) is 0. The molecule has 18 heavy (non-hydrogen) atoms. The molecule has 0 aliphatic carbocycles. The molecule has 0 aliphatic rings. The Morgan fingerprint density at radius 2 is 1.83 bits per heavy atom. The lowest BCUT2D eigenvalue weighted by Crippen LogP contribution is -2.13. The van der Waals surface area contributed by atoms with Gasteiger partial charge in [0.15, 0.2) is 0 Å². The molecule has 0 unspecified atom stereocenters. The van der Waals surface area contributed by atoms with Crippen molar-refractivity contribution in [1.29, 1.82) is 0 Å². The second-order valence-electron chi connectivity index (χ2n) is 4.05. The Morgan fingerprint density at radius 3 is 2.39 bits per heavy atom. The summed E-state index contributed by atoms with van der Waals surface area (Å²) in [4.78, 5) is 33.2. The molecule has 0 aromatic carbocycles. The molecule has 0 heterocycles. The third-order valence-electron chi connectivity index (χ3n) is 1.99. The number of esters is 2. The van der Waals surface area contributed by atoms with Gasteiger partial charge in [-0.1, -0.05) is 6.58 Å². The minimum atomic E-state index is -0.497. The van der Waals surface area contributed by atoms with Crippen LogP contribution in [0.25, 0.3) is 0 Å². The van der Waals surface area contributed by atoms with Gasteiger partial charge in [-0.25, -0.2) is 4.79 Å². The molecule has 0 spiro atoms. The molecule has 5 nitrogen and oxygen atoms in total. The quantitative estimate of drug-likeness (QED) is 0.357. The molecular weight excluding hydrogens is 236 g/mol. The molecular formula is C13H20O5. The molecule has 102 valence electrons. The van der Waals surface area contributed by atoms with Gasteiger partial charge in [0.1, 0.15) is 5.78 Å². The van der Waals surface area contributed by atoms with Crippen LogP contribution in [0.5, 0.6) is 0 Å². The highest BCUT2D eigenvalue weighted by Crippen LogP contribution is 2.02. The average Bonchev–Trinajstić information content (AvgIpc) is 2.30. The maximum Gasteiger partial charge on any atom is 0.330 e. The summed E-state index contributed by atoms with van der Waals surface area (Å²) in [6.45, 7) is 6.96. The molecule has 0 aromatic heterocycles. The number of ketones is 1. The van der Waals surface area contributed by atoms with Crippen LogP contribution >= 0.6 is 0 Å². The number of hydrogen-bond donors (Lipinski definition) is 0. The topological polar surface area (TPSA) is 69.7 Å². The van der Waals surface area contributed by atoms with E-state index in [1.165, 1.54) is 0 Å². The Morgan fingerprint density at radius 1 is 1.17 bits per heavy atom. The highest BCUT2D eigenvalue weighted by atomic mass is 16.5. The van der Waals surface area contributed by atoms with Crippen molar-refractivity contribution in [3.05, 3.63) is 12.7 Å². The van der Waals surface area contributed by atoms with Gasteiger partial charge < -0.3 is 9.47 Å². The summed E-state index contributed by atoms with van der Waals surface area (Å²) in [7, 11) is 0. The van der Waals surface area contributed by atoms with E-state index < -0.39 is 5.97 Å². The predicted molar refractivity (Wildman–Crippen MR) is 65.9 cm³/mol. The van der Waals surface area contributed by atoms with Crippen LogP contribution in [-0.2, 0) is 23.9 Å². The molecule has 0 radical (unpaired) electrons. The zero-order valence-corrected chi connectivity index (χ0v) is 10.9. The molecule has 0 bridgehead atoms. The molecule has 0 saturated heterocycles. The van der Waals surface area contributed by atoms with E-state index in [2.05, 4.69) is 6.58 Å². The summed E-state index contributed by atoms with van der Waals surface area (Å²) in [6, 6.07) is 0. The molecule has 0 aromatic rings. The number of hydrogen-bond acceptors (Lipinski definition) is 5. The van der Waals surface area contributed by atoms with Crippen LogP contribution in [0.3, 0.4) is 0 Å². The molecule has 0 fully saturated rings. The van der Waals surface area contributed by atoms with Gasteiger partial charge >= 0.3 is 11.9 Å². The molecule has 0 rings (SSSR count). The molecule has 0 aliphatic heterocycles. The monoisotopic (exact) mass is 256 g/mol. The van der Waals surface area contributed by atoms with Crippen LogP contribution in [0.1, 0.15) is 39.5 Å². The highest BCUT2D eigenvalue weighted by molar-refractivity contribution is 5.83. The summed E-state index contributed by atoms with van der Waals surface area (Å²) in [5, 5.41) is 0. The van der Waals surface area contributed by atoms with Gasteiger partial charge in [0.2, 0.25) is 0 Å². The lowest BCUT2D eigenvalue weighted by atomic mass is 10.1. The van der Waals surface area contributed by atoms with Crippen molar-refractivity contribution in [2.24, 2.45) is 0 Å². The smallest absolute Gasteiger partial charge is 0.330 e. The molecule has 0 atom stereocenters. The Balaban J connectivity index is 3.57. The third kappa shape index (κ3) is 9.57. The van der Waals surface area contributed by atoms with Crippen LogP contribution in [0, 0.1) is 0 Å². The van der Waals surface area contributed by atoms with Gasteiger partial charge in [-0.3, -0.25) is 9.59 Å². The van der Waals surface area contributed by atoms with E-state index in [-0.39, 0.29) is 37.3 Å². The lowest BCUT2D eigenvalue weighted by molar-refractivity contribution is -0.148. The van der Waals surface area contributed by atoms with E-state index in [0.29, 0.717) is 12.8 Å². The number of carbonyl (C=O) groups excluding carboxylic acids is 3. The number of ether oxygens (including phenoxy) is 2. The van der Waals surface area contributed by atoms with E-state index in [1.807, 2.05) is 0 Å². The fourth-order valence-electron chi connectivity index (χ4n) is 1.19. The van der Waals surface area contributed by atoms with Crippen molar-refractivity contribution in [2.75, 3.05) is 6.61 Å². The number of carbonyl (C=O) groups is 3. The van der Waals surface area contributed by atoms with Gasteiger partial charge in [0.25, 0.3) is 0 Å². The van der Waals surface area contributed by atoms with E-state index in [9.17, 15) is 14.4 Å². The first-order chi connectivity index (χ1) is 8.45. The minimum Gasteiger partial charge on any atom is -0.463 e. The van der Waals surface area contributed by atoms with E-state index in [1.54, 1.807) is 13.8 Å². The number of rotatable bonds is 9.